The molecular weight excluding hydrogens is 326 g/mol. The maximum Gasteiger partial charge on any atom is 0.335 e. The highest BCUT2D eigenvalue weighted by Crippen LogP contribution is 2.09. The Morgan fingerprint density at radius 1 is 1.08 bits per heavy atom. The number of carbonyl (C=O) groups is 4. The molecule has 8 nitrogen and oxygen atoms in total. The SMILES string of the molecule is CC(=O)N[C@@H](C(=O)N[C@H](Cc1ccc(C(=O)O)cc1)C(N)=O)C(C)C. The lowest BCUT2D eigenvalue weighted by molar-refractivity contribution is -0.131. The van der Waals surface area contributed by atoms with Crippen molar-refractivity contribution in [3.8, 4) is 0 Å². The molecule has 136 valence electrons. The van der Waals surface area contributed by atoms with Gasteiger partial charge in [0.15, 0.2) is 0 Å². The molecule has 2 atom stereocenters. The van der Waals surface area contributed by atoms with Crippen molar-refractivity contribution in [2.45, 2.75) is 39.3 Å². The van der Waals surface area contributed by atoms with Gasteiger partial charge in [0.2, 0.25) is 17.7 Å². The number of primary amides is 1. The summed E-state index contributed by atoms with van der Waals surface area (Å²) in [6.07, 6.45) is 0.117. The van der Waals surface area contributed by atoms with Crippen molar-refractivity contribution in [1.29, 1.82) is 0 Å². The zero-order valence-corrected chi connectivity index (χ0v) is 14.4. The summed E-state index contributed by atoms with van der Waals surface area (Å²) in [5.41, 5.74) is 6.12. The molecule has 25 heavy (non-hydrogen) atoms. The molecule has 0 unspecified atom stereocenters. The van der Waals surface area contributed by atoms with E-state index in [1.165, 1.54) is 19.1 Å². The maximum atomic E-state index is 12.4. The molecule has 1 aromatic rings. The number of hydrogen-bond acceptors (Lipinski definition) is 4. The first-order valence-electron chi connectivity index (χ1n) is 7.80. The van der Waals surface area contributed by atoms with Gasteiger partial charge in [-0.15, -0.1) is 0 Å². The van der Waals surface area contributed by atoms with E-state index in [9.17, 15) is 19.2 Å². The van der Waals surface area contributed by atoms with Gasteiger partial charge in [-0.1, -0.05) is 26.0 Å². The van der Waals surface area contributed by atoms with Crippen LogP contribution >= 0.6 is 0 Å². The van der Waals surface area contributed by atoms with Crippen LogP contribution in [-0.2, 0) is 20.8 Å². The van der Waals surface area contributed by atoms with Crippen LogP contribution in [0.15, 0.2) is 24.3 Å². The number of carbonyl (C=O) groups excluding carboxylic acids is 3. The third kappa shape index (κ3) is 6.25. The molecule has 0 aromatic heterocycles. The maximum absolute atomic E-state index is 12.4. The predicted octanol–water partition coefficient (Wildman–Crippen LogP) is 0.0581. The number of carboxylic acids is 1. The molecule has 0 bridgehead atoms. The fourth-order valence-electron chi connectivity index (χ4n) is 2.26. The average Bonchev–Trinajstić information content (AvgIpc) is 2.51. The van der Waals surface area contributed by atoms with Gasteiger partial charge in [-0.2, -0.15) is 0 Å². The molecule has 0 aliphatic carbocycles. The molecule has 0 aliphatic rings. The number of aromatic carboxylic acids is 1. The van der Waals surface area contributed by atoms with Crippen molar-refractivity contribution >= 4 is 23.7 Å². The Kier molecular flexibility index (Phi) is 7.10. The Balaban J connectivity index is 2.85. The van der Waals surface area contributed by atoms with E-state index >= 15 is 0 Å². The monoisotopic (exact) mass is 349 g/mol. The normalized spacial score (nSPS) is 13.0. The Morgan fingerprint density at radius 2 is 1.64 bits per heavy atom. The predicted molar refractivity (Wildman–Crippen MR) is 90.7 cm³/mol. The summed E-state index contributed by atoms with van der Waals surface area (Å²) in [6.45, 7) is 4.84. The fourth-order valence-corrected chi connectivity index (χ4v) is 2.26. The molecule has 0 heterocycles. The second-order valence-corrected chi connectivity index (χ2v) is 6.09. The molecule has 0 spiro atoms. The van der Waals surface area contributed by atoms with E-state index in [2.05, 4.69) is 10.6 Å². The number of rotatable bonds is 8. The molecule has 0 saturated carbocycles. The van der Waals surface area contributed by atoms with Crippen LogP contribution in [0.5, 0.6) is 0 Å². The highest BCUT2D eigenvalue weighted by molar-refractivity contribution is 5.91. The Morgan fingerprint density at radius 3 is 2.04 bits per heavy atom. The standard InChI is InChI=1S/C17H23N3O5/c1-9(2)14(19-10(3)21)16(23)20-13(15(18)22)8-11-4-6-12(7-5-11)17(24)25/h4-7,9,13-14H,8H2,1-3H3,(H2,18,22)(H,19,21)(H,20,23)(H,24,25)/t13-,14-/m1/s1. The van der Waals surface area contributed by atoms with Gasteiger partial charge in [0.25, 0.3) is 0 Å². The minimum Gasteiger partial charge on any atom is -0.478 e. The van der Waals surface area contributed by atoms with Gasteiger partial charge in [0.05, 0.1) is 5.56 Å². The summed E-state index contributed by atoms with van der Waals surface area (Å²) < 4.78 is 0. The van der Waals surface area contributed by atoms with Gasteiger partial charge in [-0.05, 0) is 23.6 Å². The van der Waals surface area contributed by atoms with Gasteiger partial charge < -0.3 is 21.5 Å². The van der Waals surface area contributed by atoms with E-state index in [-0.39, 0.29) is 23.8 Å². The molecule has 5 N–H and O–H groups in total. The summed E-state index contributed by atoms with van der Waals surface area (Å²) in [4.78, 5) is 46.1. The molecule has 0 aliphatic heterocycles. The summed E-state index contributed by atoms with van der Waals surface area (Å²) in [5.74, 6) is -2.81. The first-order valence-corrected chi connectivity index (χ1v) is 7.80. The first-order chi connectivity index (χ1) is 11.6. The van der Waals surface area contributed by atoms with Crippen molar-refractivity contribution in [2.24, 2.45) is 11.7 Å². The molecule has 0 saturated heterocycles. The van der Waals surface area contributed by atoms with E-state index in [1.54, 1.807) is 26.0 Å². The van der Waals surface area contributed by atoms with Crippen LogP contribution in [0, 0.1) is 5.92 Å². The van der Waals surface area contributed by atoms with Crippen molar-refractivity contribution in [1.82, 2.24) is 10.6 Å². The van der Waals surface area contributed by atoms with Crippen LogP contribution in [0.4, 0.5) is 0 Å². The largest absolute Gasteiger partial charge is 0.478 e. The lowest BCUT2D eigenvalue weighted by atomic mass is 10.0. The van der Waals surface area contributed by atoms with Crippen molar-refractivity contribution in [2.75, 3.05) is 0 Å². The number of nitrogens with two attached hydrogens (primary N) is 1. The Bertz CT molecular complexity index is 655. The molecule has 0 radical (unpaired) electrons. The highest BCUT2D eigenvalue weighted by atomic mass is 16.4. The average molecular weight is 349 g/mol. The van der Waals surface area contributed by atoms with E-state index in [1.807, 2.05) is 0 Å². The zero-order chi connectivity index (χ0) is 19.1. The summed E-state index contributed by atoms with van der Waals surface area (Å²) >= 11 is 0. The number of carboxylic acid groups (broad SMARTS) is 1. The lowest BCUT2D eigenvalue weighted by Crippen LogP contribution is -2.55. The van der Waals surface area contributed by atoms with Crippen molar-refractivity contribution in [3.63, 3.8) is 0 Å². The van der Waals surface area contributed by atoms with Crippen molar-refractivity contribution < 1.29 is 24.3 Å². The number of nitrogens with one attached hydrogen (secondary N) is 2. The first kappa shape index (κ1) is 20.1. The van der Waals surface area contributed by atoms with E-state index in [0.717, 1.165) is 0 Å². The molecule has 0 fully saturated rings. The molecular formula is C17H23N3O5. The number of benzene rings is 1. The van der Waals surface area contributed by atoms with Crippen LogP contribution in [0.3, 0.4) is 0 Å². The second-order valence-electron chi connectivity index (χ2n) is 6.09. The second kappa shape index (κ2) is 8.81. The summed E-state index contributed by atoms with van der Waals surface area (Å²) in [5, 5.41) is 14.0. The van der Waals surface area contributed by atoms with E-state index in [4.69, 9.17) is 10.8 Å². The van der Waals surface area contributed by atoms with Crippen LogP contribution in [0.25, 0.3) is 0 Å². The molecule has 1 aromatic carbocycles. The Labute approximate surface area is 145 Å². The van der Waals surface area contributed by atoms with E-state index < -0.39 is 29.9 Å². The van der Waals surface area contributed by atoms with Gasteiger partial charge in [0.1, 0.15) is 12.1 Å². The highest BCUT2D eigenvalue weighted by Gasteiger charge is 2.27. The summed E-state index contributed by atoms with van der Waals surface area (Å²) in [7, 11) is 0. The van der Waals surface area contributed by atoms with Crippen LogP contribution < -0.4 is 16.4 Å². The minimum absolute atomic E-state index is 0.117. The van der Waals surface area contributed by atoms with Gasteiger partial charge >= 0.3 is 5.97 Å². The minimum atomic E-state index is -1.05. The topological polar surface area (TPSA) is 139 Å². The fraction of sp³-hybridized carbons (Fsp3) is 0.412. The zero-order valence-electron chi connectivity index (χ0n) is 14.4. The van der Waals surface area contributed by atoms with E-state index in [0.29, 0.717) is 5.56 Å². The quantitative estimate of drug-likeness (QED) is 0.525. The molecule has 8 heteroatoms. The van der Waals surface area contributed by atoms with Crippen LogP contribution in [0.2, 0.25) is 0 Å². The third-order valence-corrected chi connectivity index (χ3v) is 3.61. The van der Waals surface area contributed by atoms with Gasteiger partial charge in [-0.3, -0.25) is 14.4 Å². The Hall–Kier alpha value is -2.90. The van der Waals surface area contributed by atoms with Crippen molar-refractivity contribution in [3.05, 3.63) is 35.4 Å². The molecule has 3 amide bonds. The van der Waals surface area contributed by atoms with Crippen LogP contribution in [-0.4, -0.2) is 40.9 Å². The lowest BCUT2D eigenvalue weighted by Gasteiger charge is -2.24. The van der Waals surface area contributed by atoms with Gasteiger partial charge in [-0.25, -0.2) is 4.79 Å². The van der Waals surface area contributed by atoms with Gasteiger partial charge in [0, 0.05) is 13.3 Å². The number of hydrogen-bond donors (Lipinski definition) is 4. The molecule has 1 rings (SSSR count). The van der Waals surface area contributed by atoms with Crippen LogP contribution in [0.1, 0.15) is 36.7 Å². The summed E-state index contributed by atoms with van der Waals surface area (Å²) in [6, 6.07) is 4.17. The number of amides is 3. The smallest absolute Gasteiger partial charge is 0.335 e. The third-order valence-electron chi connectivity index (χ3n) is 3.61.